The zero-order valence-corrected chi connectivity index (χ0v) is 13.7. The van der Waals surface area contributed by atoms with E-state index >= 15 is 0 Å². The van der Waals surface area contributed by atoms with E-state index in [1.54, 1.807) is 0 Å². The number of aromatic amines is 1. The highest BCUT2D eigenvalue weighted by molar-refractivity contribution is 5.73. The number of nitrogens with one attached hydrogen (secondary N) is 3. The number of benzene rings is 1. The molecule has 130 valence electrons. The molecule has 0 radical (unpaired) electrons. The first-order valence-electron chi connectivity index (χ1n) is 8.16. The molecular formula is C17H20N6O2. The van der Waals surface area contributed by atoms with Crippen LogP contribution in [0.5, 0.6) is 5.75 Å². The lowest BCUT2D eigenvalue weighted by atomic mass is 10.1. The summed E-state index contributed by atoms with van der Waals surface area (Å²) in [5, 5.41) is 21.1. The molecule has 1 aromatic heterocycles. The highest BCUT2D eigenvalue weighted by Gasteiger charge is 2.22. The number of nitrogens with two attached hydrogens (primary N) is 1. The second kappa shape index (κ2) is 7.57. The molecule has 0 spiro atoms. The van der Waals surface area contributed by atoms with Crippen LogP contribution in [0.15, 0.2) is 24.3 Å². The number of H-pyrrole nitrogens is 1. The SMILES string of the molecule is N#Cc1c(N)n[nH]c1CCCNC(=O)NCC1Cc2ccccc2O1. The second-order valence-electron chi connectivity index (χ2n) is 5.87. The molecule has 8 heteroatoms. The quantitative estimate of drug-likeness (QED) is 0.585. The van der Waals surface area contributed by atoms with Crippen LogP contribution in [-0.4, -0.2) is 35.4 Å². The van der Waals surface area contributed by atoms with Gasteiger partial charge in [-0.15, -0.1) is 0 Å². The zero-order chi connectivity index (χ0) is 17.6. The van der Waals surface area contributed by atoms with Crippen molar-refractivity contribution in [1.29, 1.82) is 5.26 Å². The number of nitriles is 1. The van der Waals surface area contributed by atoms with E-state index in [4.69, 9.17) is 15.7 Å². The van der Waals surface area contributed by atoms with Gasteiger partial charge in [-0.3, -0.25) is 5.10 Å². The van der Waals surface area contributed by atoms with Gasteiger partial charge >= 0.3 is 6.03 Å². The van der Waals surface area contributed by atoms with Crippen molar-refractivity contribution in [2.45, 2.75) is 25.4 Å². The van der Waals surface area contributed by atoms with E-state index in [2.05, 4.69) is 20.8 Å². The topological polar surface area (TPSA) is 129 Å². The number of ether oxygens (including phenoxy) is 1. The summed E-state index contributed by atoms with van der Waals surface area (Å²) in [7, 11) is 0. The van der Waals surface area contributed by atoms with Crippen molar-refractivity contribution in [3.8, 4) is 11.8 Å². The maximum atomic E-state index is 11.8. The summed E-state index contributed by atoms with van der Waals surface area (Å²) in [6.07, 6.45) is 2.03. The fourth-order valence-corrected chi connectivity index (χ4v) is 2.80. The number of hydrogen-bond acceptors (Lipinski definition) is 5. The monoisotopic (exact) mass is 340 g/mol. The Bertz CT molecular complexity index is 770. The number of hydrogen-bond donors (Lipinski definition) is 4. The van der Waals surface area contributed by atoms with Crippen LogP contribution in [-0.2, 0) is 12.8 Å². The maximum Gasteiger partial charge on any atom is 0.314 e. The Morgan fingerprint density at radius 3 is 3.08 bits per heavy atom. The normalized spacial score (nSPS) is 15.1. The van der Waals surface area contributed by atoms with Crippen molar-refractivity contribution < 1.29 is 9.53 Å². The number of nitrogens with zero attached hydrogens (tertiary/aromatic N) is 2. The molecule has 5 N–H and O–H groups in total. The van der Waals surface area contributed by atoms with Gasteiger partial charge in [-0.25, -0.2) is 4.79 Å². The molecule has 0 bridgehead atoms. The molecule has 0 saturated carbocycles. The van der Waals surface area contributed by atoms with Gasteiger partial charge in [0.15, 0.2) is 5.82 Å². The summed E-state index contributed by atoms with van der Waals surface area (Å²) in [5.41, 5.74) is 7.82. The fraction of sp³-hybridized carbons (Fsp3) is 0.353. The minimum atomic E-state index is -0.232. The summed E-state index contributed by atoms with van der Waals surface area (Å²) in [4.78, 5) is 11.8. The van der Waals surface area contributed by atoms with Crippen molar-refractivity contribution in [1.82, 2.24) is 20.8 Å². The third kappa shape index (κ3) is 4.01. The molecule has 2 amide bonds. The first-order chi connectivity index (χ1) is 12.2. The van der Waals surface area contributed by atoms with Crippen molar-refractivity contribution in [3.63, 3.8) is 0 Å². The highest BCUT2D eigenvalue weighted by Crippen LogP contribution is 2.27. The molecule has 8 nitrogen and oxygen atoms in total. The van der Waals surface area contributed by atoms with Gasteiger partial charge < -0.3 is 21.1 Å². The van der Waals surface area contributed by atoms with Crippen LogP contribution in [0.1, 0.15) is 23.2 Å². The van der Waals surface area contributed by atoms with Crippen molar-refractivity contribution in [3.05, 3.63) is 41.1 Å². The number of nitrogen functional groups attached to an aromatic ring is 1. The average molecular weight is 340 g/mol. The number of fused-ring (bicyclic) bond motifs is 1. The molecule has 25 heavy (non-hydrogen) atoms. The number of urea groups is 1. The predicted molar refractivity (Wildman–Crippen MR) is 92.0 cm³/mol. The Hall–Kier alpha value is -3.21. The minimum Gasteiger partial charge on any atom is -0.488 e. The smallest absolute Gasteiger partial charge is 0.314 e. The summed E-state index contributed by atoms with van der Waals surface area (Å²) < 4.78 is 5.77. The minimum absolute atomic E-state index is 0.0331. The van der Waals surface area contributed by atoms with E-state index < -0.39 is 0 Å². The number of anilines is 1. The van der Waals surface area contributed by atoms with E-state index in [1.807, 2.05) is 30.3 Å². The number of aromatic nitrogens is 2. The molecule has 1 aliphatic rings. The van der Waals surface area contributed by atoms with Gasteiger partial charge in [0.05, 0.1) is 12.2 Å². The Morgan fingerprint density at radius 1 is 1.44 bits per heavy atom. The largest absolute Gasteiger partial charge is 0.488 e. The summed E-state index contributed by atoms with van der Waals surface area (Å²) in [5.74, 6) is 1.10. The van der Waals surface area contributed by atoms with Crippen LogP contribution < -0.4 is 21.1 Å². The molecule has 1 unspecified atom stereocenters. The van der Waals surface area contributed by atoms with Crippen molar-refractivity contribution in [2.24, 2.45) is 0 Å². The molecule has 1 aliphatic heterocycles. The molecule has 0 aliphatic carbocycles. The Balaban J connectivity index is 1.33. The highest BCUT2D eigenvalue weighted by atomic mass is 16.5. The number of carbonyl (C=O) groups excluding carboxylic acids is 1. The van der Waals surface area contributed by atoms with E-state index in [-0.39, 0.29) is 18.0 Å². The Morgan fingerprint density at radius 2 is 2.28 bits per heavy atom. The summed E-state index contributed by atoms with van der Waals surface area (Å²) in [6.45, 7) is 0.942. The molecular weight excluding hydrogens is 320 g/mol. The average Bonchev–Trinajstić information content (AvgIpc) is 3.19. The van der Waals surface area contributed by atoms with E-state index in [1.165, 1.54) is 5.56 Å². The van der Waals surface area contributed by atoms with Crippen LogP contribution in [0.3, 0.4) is 0 Å². The molecule has 1 aromatic carbocycles. The van der Waals surface area contributed by atoms with Crippen LogP contribution in [0.25, 0.3) is 0 Å². The molecule has 3 rings (SSSR count). The lowest BCUT2D eigenvalue weighted by Gasteiger charge is -2.12. The first-order valence-corrected chi connectivity index (χ1v) is 8.16. The van der Waals surface area contributed by atoms with Gasteiger partial charge in [-0.2, -0.15) is 10.4 Å². The molecule has 2 aromatic rings. The zero-order valence-electron chi connectivity index (χ0n) is 13.7. The number of aryl methyl sites for hydroxylation is 1. The van der Waals surface area contributed by atoms with Crippen LogP contribution >= 0.6 is 0 Å². The van der Waals surface area contributed by atoms with E-state index in [0.29, 0.717) is 37.2 Å². The van der Waals surface area contributed by atoms with E-state index in [0.717, 1.165) is 12.2 Å². The second-order valence-corrected chi connectivity index (χ2v) is 5.87. The van der Waals surface area contributed by atoms with Crippen molar-refractivity contribution >= 4 is 11.8 Å². The van der Waals surface area contributed by atoms with Gasteiger partial charge in [0.2, 0.25) is 0 Å². The van der Waals surface area contributed by atoms with Crippen LogP contribution in [0.2, 0.25) is 0 Å². The fourth-order valence-electron chi connectivity index (χ4n) is 2.80. The predicted octanol–water partition coefficient (Wildman–Crippen LogP) is 1.10. The maximum absolute atomic E-state index is 11.8. The Kier molecular flexibility index (Phi) is 5.04. The molecule has 1 atom stereocenters. The number of amides is 2. The lowest BCUT2D eigenvalue weighted by molar-refractivity contribution is 0.214. The Labute approximate surface area is 145 Å². The number of rotatable bonds is 6. The first kappa shape index (κ1) is 16.6. The number of para-hydroxylation sites is 1. The molecule has 0 saturated heterocycles. The van der Waals surface area contributed by atoms with Crippen molar-refractivity contribution in [2.75, 3.05) is 18.8 Å². The standard InChI is InChI=1S/C17H20N6O2/c18-9-13-14(22-23-16(13)19)5-3-7-20-17(24)21-10-12-8-11-4-1-2-6-15(11)25-12/h1-2,4,6,12H,3,5,7-8,10H2,(H3,19,22,23)(H2,20,21,24). The van der Waals surface area contributed by atoms with Gasteiger partial charge in [0.25, 0.3) is 0 Å². The third-order valence-electron chi connectivity index (χ3n) is 4.07. The van der Waals surface area contributed by atoms with Crippen LogP contribution in [0.4, 0.5) is 10.6 Å². The van der Waals surface area contributed by atoms with Gasteiger partial charge in [0.1, 0.15) is 23.5 Å². The third-order valence-corrected chi connectivity index (χ3v) is 4.07. The van der Waals surface area contributed by atoms with Gasteiger partial charge in [-0.05, 0) is 24.5 Å². The van der Waals surface area contributed by atoms with E-state index in [9.17, 15) is 4.79 Å². The van der Waals surface area contributed by atoms with Gasteiger partial charge in [-0.1, -0.05) is 18.2 Å². The lowest BCUT2D eigenvalue weighted by Crippen LogP contribution is -2.41. The summed E-state index contributed by atoms with van der Waals surface area (Å²) in [6, 6.07) is 9.68. The molecule has 2 heterocycles. The van der Waals surface area contributed by atoms with Crippen LogP contribution in [0, 0.1) is 11.3 Å². The summed E-state index contributed by atoms with van der Waals surface area (Å²) >= 11 is 0. The van der Waals surface area contributed by atoms with Gasteiger partial charge in [0, 0.05) is 13.0 Å². The molecule has 0 fully saturated rings. The number of carbonyl (C=O) groups is 1.